The molecule has 7 heteroatoms. The van der Waals surface area contributed by atoms with Crippen molar-refractivity contribution in [2.75, 3.05) is 33.3 Å². The van der Waals surface area contributed by atoms with Gasteiger partial charge in [0.15, 0.2) is 5.96 Å². The number of imide groups is 1. The number of likely N-dealkylation sites (tertiary alicyclic amines) is 1. The molecular formula is C24H32N4O3. The topological polar surface area (TPSA) is 83.0 Å². The SMILES string of the molecule is CCCOc1cccc(CCNC(=NC)NCCN2C(=O)C3C4C=CC(C4)C3C2=O)c1. The molecule has 1 aromatic rings. The maximum Gasteiger partial charge on any atom is 0.233 e. The fourth-order valence-electron chi connectivity index (χ4n) is 5.03. The Bertz CT molecular complexity index is 851. The van der Waals surface area contributed by atoms with E-state index in [9.17, 15) is 9.59 Å². The van der Waals surface area contributed by atoms with Gasteiger partial charge >= 0.3 is 0 Å². The Kier molecular flexibility index (Phi) is 6.59. The number of amides is 2. The number of fused-ring (bicyclic) bond motifs is 5. The molecule has 1 heterocycles. The summed E-state index contributed by atoms with van der Waals surface area (Å²) in [6, 6.07) is 8.13. The molecule has 1 aliphatic heterocycles. The number of allylic oxidation sites excluding steroid dienone is 2. The van der Waals surface area contributed by atoms with Crippen molar-refractivity contribution in [2.24, 2.45) is 28.7 Å². The normalized spacial score (nSPS) is 26.5. The zero-order chi connectivity index (χ0) is 21.8. The van der Waals surface area contributed by atoms with Gasteiger partial charge in [0.1, 0.15) is 5.75 Å². The number of carbonyl (C=O) groups excluding carboxylic acids is 2. The molecule has 7 nitrogen and oxygen atoms in total. The summed E-state index contributed by atoms with van der Waals surface area (Å²) in [5.41, 5.74) is 1.19. The van der Waals surface area contributed by atoms with Gasteiger partial charge in [0.05, 0.1) is 18.4 Å². The number of guanidine groups is 1. The van der Waals surface area contributed by atoms with E-state index in [0.29, 0.717) is 19.0 Å². The average molecular weight is 425 g/mol. The van der Waals surface area contributed by atoms with Gasteiger partial charge in [-0.25, -0.2) is 0 Å². The van der Waals surface area contributed by atoms with Gasteiger partial charge in [-0.1, -0.05) is 31.2 Å². The number of nitrogens with zero attached hydrogens (tertiary/aromatic N) is 2. The van der Waals surface area contributed by atoms with Gasteiger partial charge in [0.2, 0.25) is 11.8 Å². The Hall–Kier alpha value is -2.83. The summed E-state index contributed by atoms with van der Waals surface area (Å²) >= 11 is 0. The first-order valence-electron chi connectivity index (χ1n) is 11.3. The molecule has 0 radical (unpaired) electrons. The molecule has 0 aromatic heterocycles. The summed E-state index contributed by atoms with van der Waals surface area (Å²) in [7, 11) is 1.72. The quantitative estimate of drug-likeness (QED) is 0.274. The van der Waals surface area contributed by atoms with E-state index in [1.165, 1.54) is 10.5 Å². The van der Waals surface area contributed by atoms with Crippen LogP contribution in [0.5, 0.6) is 5.75 Å². The number of ether oxygens (including phenoxy) is 1. The summed E-state index contributed by atoms with van der Waals surface area (Å²) in [6.45, 7) is 4.40. The van der Waals surface area contributed by atoms with Crippen molar-refractivity contribution in [2.45, 2.75) is 26.2 Å². The van der Waals surface area contributed by atoms with Gasteiger partial charge in [-0.15, -0.1) is 0 Å². The summed E-state index contributed by atoms with van der Waals surface area (Å²) < 4.78 is 5.69. The number of hydrogen-bond donors (Lipinski definition) is 2. The van der Waals surface area contributed by atoms with Crippen LogP contribution in [0.4, 0.5) is 0 Å². The third-order valence-electron chi connectivity index (χ3n) is 6.49. The number of hydrogen-bond acceptors (Lipinski definition) is 4. The second kappa shape index (κ2) is 9.54. The van der Waals surface area contributed by atoms with Crippen molar-refractivity contribution >= 4 is 17.8 Å². The van der Waals surface area contributed by atoms with Crippen molar-refractivity contribution in [1.29, 1.82) is 0 Å². The maximum absolute atomic E-state index is 12.7. The third kappa shape index (κ3) is 4.45. The Morgan fingerprint density at radius 2 is 1.84 bits per heavy atom. The van der Waals surface area contributed by atoms with E-state index in [1.54, 1.807) is 7.05 Å². The molecule has 1 aromatic carbocycles. The van der Waals surface area contributed by atoms with Crippen LogP contribution in [-0.2, 0) is 16.0 Å². The molecule has 1 saturated heterocycles. The van der Waals surface area contributed by atoms with Gasteiger partial charge in [-0.3, -0.25) is 19.5 Å². The van der Waals surface area contributed by atoms with E-state index in [1.807, 2.05) is 12.1 Å². The van der Waals surface area contributed by atoms with Crippen LogP contribution < -0.4 is 15.4 Å². The van der Waals surface area contributed by atoms with Crippen molar-refractivity contribution in [3.8, 4) is 5.75 Å². The van der Waals surface area contributed by atoms with Crippen LogP contribution in [0, 0.1) is 23.7 Å². The number of rotatable bonds is 9. The Labute approximate surface area is 183 Å². The molecule has 1 saturated carbocycles. The van der Waals surface area contributed by atoms with E-state index < -0.39 is 0 Å². The van der Waals surface area contributed by atoms with Gasteiger partial charge in [-0.2, -0.15) is 0 Å². The number of benzene rings is 1. The smallest absolute Gasteiger partial charge is 0.233 e. The lowest BCUT2D eigenvalue weighted by Gasteiger charge is -2.18. The Morgan fingerprint density at radius 3 is 2.52 bits per heavy atom. The van der Waals surface area contributed by atoms with E-state index in [2.05, 4.69) is 46.8 Å². The molecular weight excluding hydrogens is 392 g/mol. The molecule has 166 valence electrons. The van der Waals surface area contributed by atoms with E-state index in [-0.39, 0.29) is 35.5 Å². The van der Waals surface area contributed by atoms with Crippen LogP contribution in [0.1, 0.15) is 25.3 Å². The molecule has 2 fully saturated rings. The molecule has 4 atom stereocenters. The van der Waals surface area contributed by atoms with E-state index >= 15 is 0 Å². The molecule has 2 aliphatic carbocycles. The minimum atomic E-state index is -0.128. The molecule has 31 heavy (non-hydrogen) atoms. The number of nitrogens with one attached hydrogen (secondary N) is 2. The van der Waals surface area contributed by atoms with Crippen molar-refractivity contribution in [1.82, 2.24) is 15.5 Å². The maximum atomic E-state index is 12.7. The number of carbonyl (C=O) groups is 2. The van der Waals surface area contributed by atoms with Crippen LogP contribution in [0.15, 0.2) is 41.4 Å². The van der Waals surface area contributed by atoms with Gasteiger partial charge in [-0.05, 0) is 48.8 Å². The summed E-state index contributed by atoms with van der Waals surface area (Å²) in [5, 5.41) is 6.51. The first-order chi connectivity index (χ1) is 15.1. The molecule has 4 rings (SSSR count). The summed E-state index contributed by atoms with van der Waals surface area (Å²) in [5.74, 6) is 1.82. The fraction of sp³-hybridized carbons (Fsp3) is 0.542. The molecule has 0 spiro atoms. The predicted molar refractivity (Wildman–Crippen MR) is 120 cm³/mol. The van der Waals surface area contributed by atoms with Crippen LogP contribution in [0.2, 0.25) is 0 Å². The highest BCUT2D eigenvalue weighted by Crippen LogP contribution is 2.52. The van der Waals surface area contributed by atoms with Crippen molar-refractivity contribution in [3.05, 3.63) is 42.0 Å². The number of aliphatic imine (C=N–C) groups is 1. The van der Waals surface area contributed by atoms with Gasteiger partial charge in [0.25, 0.3) is 0 Å². The summed E-state index contributed by atoms with van der Waals surface area (Å²) in [6.07, 6.45) is 7.03. The first kappa shape index (κ1) is 21.4. The highest BCUT2D eigenvalue weighted by Gasteiger charge is 2.58. The minimum absolute atomic E-state index is 0.00164. The van der Waals surface area contributed by atoms with Crippen LogP contribution in [-0.4, -0.2) is 56.0 Å². The fourth-order valence-corrected chi connectivity index (χ4v) is 5.03. The third-order valence-corrected chi connectivity index (χ3v) is 6.49. The monoisotopic (exact) mass is 424 g/mol. The molecule has 2 bridgehead atoms. The average Bonchev–Trinajstić information content (AvgIpc) is 3.46. The lowest BCUT2D eigenvalue weighted by Crippen LogP contribution is -2.44. The zero-order valence-corrected chi connectivity index (χ0v) is 18.3. The summed E-state index contributed by atoms with van der Waals surface area (Å²) in [4.78, 5) is 31.2. The van der Waals surface area contributed by atoms with Crippen LogP contribution >= 0.6 is 0 Å². The van der Waals surface area contributed by atoms with Crippen LogP contribution in [0.3, 0.4) is 0 Å². The largest absolute Gasteiger partial charge is 0.494 e. The van der Waals surface area contributed by atoms with E-state index in [4.69, 9.17) is 4.74 Å². The highest BCUT2D eigenvalue weighted by molar-refractivity contribution is 6.06. The second-order valence-corrected chi connectivity index (χ2v) is 8.50. The van der Waals surface area contributed by atoms with Crippen LogP contribution in [0.25, 0.3) is 0 Å². The van der Waals surface area contributed by atoms with E-state index in [0.717, 1.165) is 38.2 Å². The predicted octanol–water partition coefficient (Wildman–Crippen LogP) is 1.99. The zero-order valence-electron chi connectivity index (χ0n) is 18.3. The first-order valence-corrected chi connectivity index (χ1v) is 11.3. The van der Waals surface area contributed by atoms with Crippen molar-refractivity contribution in [3.63, 3.8) is 0 Å². The minimum Gasteiger partial charge on any atom is -0.494 e. The molecule has 3 aliphatic rings. The highest BCUT2D eigenvalue weighted by atomic mass is 16.5. The standard InChI is InChI=1S/C24H32N4O3/c1-3-13-31-19-6-4-5-16(14-19)9-10-26-24(25-2)27-11-12-28-22(29)20-17-7-8-18(15-17)21(20)23(28)30/h4-8,14,17-18,20-21H,3,9-13,15H2,1-2H3,(H2,25,26,27). The lowest BCUT2D eigenvalue weighted by atomic mass is 9.85. The molecule has 2 amide bonds. The van der Waals surface area contributed by atoms with Crippen molar-refractivity contribution < 1.29 is 14.3 Å². The molecule has 2 N–H and O–H groups in total. The van der Waals surface area contributed by atoms with Gasteiger partial charge in [0, 0.05) is 26.7 Å². The molecule has 4 unspecified atom stereocenters. The van der Waals surface area contributed by atoms with Gasteiger partial charge < -0.3 is 15.4 Å². The lowest BCUT2D eigenvalue weighted by molar-refractivity contribution is -0.140. The Morgan fingerprint density at radius 1 is 1.13 bits per heavy atom. The Balaban J connectivity index is 1.20. The second-order valence-electron chi connectivity index (χ2n) is 8.50.